The van der Waals surface area contributed by atoms with Gasteiger partial charge < -0.3 is 15.4 Å². The zero-order chi connectivity index (χ0) is 15.2. The molecule has 0 unspecified atom stereocenters. The molecule has 0 aliphatic rings. The van der Waals surface area contributed by atoms with Crippen molar-refractivity contribution < 1.29 is 9.53 Å². The average Bonchev–Trinajstić information content (AvgIpc) is 2.61. The number of aryl methyl sites for hydroxylation is 1. The highest BCUT2D eigenvalue weighted by molar-refractivity contribution is 9.10. The normalized spacial score (nSPS) is 11.4. The predicted octanol–water partition coefficient (Wildman–Crippen LogP) is 3.82. The van der Waals surface area contributed by atoms with Crippen LogP contribution in [-0.2, 0) is 11.3 Å². The summed E-state index contributed by atoms with van der Waals surface area (Å²) in [4.78, 5) is 14.0. The van der Waals surface area contributed by atoms with Crippen LogP contribution in [0.5, 0.6) is 0 Å². The van der Waals surface area contributed by atoms with Crippen molar-refractivity contribution in [3.8, 4) is 0 Å². The molecule has 1 rings (SSSR count). The maximum Gasteiger partial charge on any atom is 0.407 e. The summed E-state index contributed by atoms with van der Waals surface area (Å²) in [5, 5.41) is 6.11. The van der Waals surface area contributed by atoms with E-state index >= 15 is 0 Å². The molecule has 1 heterocycles. The Kier molecular flexibility index (Phi) is 6.99. The molecule has 1 amide bonds. The highest BCUT2D eigenvalue weighted by atomic mass is 79.9. The largest absolute Gasteiger partial charge is 0.444 e. The molecule has 20 heavy (non-hydrogen) atoms. The molecular weight excluding hydrogens is 340 g/mol. The maximum absolute atomic E-state index is 11.4. The van der Waals surface area contributed by atoms with Crippen LogP contribution in [0.3, 0.4) is 0 Å². The van der Waals surface area contributed by atoms with E-state index in [1.165, 1.54) is 14.2 Å². The fraction of sp³-hybridized carbons (Fsp3) is 0.643. The highest BCUT2D eigenvalue weighted by Crippen LogP contribution is 2.25. The van der Waals surface area contributed by atoms with Crippen molar-refractivity contribution in [2.45, 2.75) is 46.3 Å². The summed E-state index contributed by atoms with van der Waals surface area (Å²) < 4.78 is 6.33. The number of rotatable bonds is 6. The Morgan fingerprint density at radius 3 is 2.65 bits per heavy atom. The van der Waals surface area contributed by atoms with E-state index in [0.29, 0.717) is 6.54 Å². The van der Waals surface area contributed by atoms with Gasteiger partial charge in [-0.3, -0.25) is 0 Å². The van der Waals surface area contributed by atoms with Gasteiger partial charge in [-0.1, -0.05) is 0 Å². The molecular formula is C14H23BrN2O2S. The van der Waals surface area contributed by atoms with Crippen molar-refractivity contribution in [1.29, 1.82) is 0 Å². The van der Waals surface area contributed by atoms with Crippen molar-refractivity contribution in [2.75, 3.05) is 13.1 Å². The zero-order valence-corrected chi connectivity index (χ0v) is 14.9. The molecule has 0 saturated heterocycles. The molecule has 0 bridgehead atoms. The van der Waals surface area contributed by atoms with E-state index in [1.807, 2.05) is 20.8 Å². The summed E-state index contributed by atoms with van der Waals surface area (Å²) >= 11 is 5.30. The first kappa shape index (κ1) is 17.5. The molecule has 0 aliphatic carbocycles. The lowest BCUT2D eigenvalue weighted by Gasteiger charge is -2.19. The molecule has 0 aromatic carbocycles. The molecule has 0 aliphatic heterocycles. The van der Waals surface area contributed by atoms with Crippen molar-refractivity contribution >= 4 is 33.4 Å². The smallest absolute Gasteiger partial charge is 0.407 e. The van der Waals surface area contributed by atoms with Crippen LogP contribution in [0.4, 0.5) is 4.79 Å². The fourth-order valence-corrected chi connectivity index (χ4v) is 3.11. The van der Waals surface area contributed by atoms with Gasteiger partial charge in [0, 0.05) is 27.3 Å². The number of hydrogen-bond donors (Lipinski definition) is 2. The number of amides is 1. The predicted molar refractivity (Wildman–Crippen MR) is 87.3 cm³/mol. The Morgan fingerprint density at radius 2 is 2.10 bits per heavy atom. The van der Waals surface area contributed by atoms with Gasteiger partial charge >= 0.3 is 6.09 Å². The first-order valence-electron chi connectivity index (χ1n) is 6.70. The molecule has 2 N–H and O–H groups in total. The quantitative estimate of drug-likeness (QED) is 0.756. The second kappa shape index (κ2) is 8.00. The van der Waals surface area contributed by atoms with Crippen LogP contribution >= 0.6 is 27.3 Å². The minimum absolute atomic E-state index is 0.352. The topological polar surface area (TPSA) is 50.4 Å². The van der Waals surface area contributed by atoms with E-state index in [0.717, 1.165) is 19.5 Å². The maximum atomic E-state index is 11.4. The molecule has 0 atom stereocenters. The van der Waals surface area contributed by atoms with Crippen LogP contribution in [0, 0.1) is 6.92 Å². The van der Waals surface area contributed by atoms with Crippen molar-refractivity contribution in [3.05, 3.63) is 20.3 Å². The van der Waals surface area contributed by atoms with Gasteiger partial charge in [-0.25, -0.2) is 4.79 Å². The molecule has 0 radical (unpaired) electrons. The molecule has 1 aromatic rings. The molecule has 4 nitrogen and oxygen atoms in total. The Hall–Kier alpha value is -0.590. The van der Waals surface area contributed by atoms with Crippen LogP contribution in [0.2, 0.25) is 0 Å². The number of carbonyl (C=O) groups excluding carboxylic acids is 1. The number of carbonyl (C=O) groups is 1. The number of halogens is 1. The van der Waals surface area contributed by atoms with Gasteiger partial charge in [-0.2, -0.15) is 0 Å². The minimum Gasteiger partial charge on any atom is -0.444 e. The summed E-state index contributed by atoms with van der Waals surface area (Å²) in [6.07, 6.45) is 0.528. The lowest BCUT2D eigenvalue weighted by molar-refractivity contribution is 0.0527. The van der Waals surface area contributed by atoms with Gasteiger partial charge in [-0.15, -0.1) is 11.3 Å². The van der Waals surface area contributed by atoms with Gasteiger partial charge in [0.15, 0.2) is 0 Å². The second-order valence-electron chi connectivity index (χ2n) is 5.58. The molecule has 0 spiro atoms. The number of nitrogens with one attached hydrogen (secondary N) is 2. The molecule has 0 fully saturated rings. The zero-order valence-electron chi connectivity index (χ0n) is 12.5. The van der Waals surface area contributed by atoms with Crippen molar-refractivity contribution in [3.63, 3.8) is 0 Å². The number of alkyl carbamates (subject to hydrolysis) is 1. The van der Waals surface area contributed by atoms with E-state index in [2.05, 4.69) is 39.6 Å². The first-order valence-corrected chi connectivity index (χ1v) is 8.31. The van der Waals surface area contributed by atoms with Crippen LogP contribution < -0.4 is 10.6 Å². The summed E-state index contributed by atoms with van der Waals surface area (Å²) in [5.41, 5.74) is -0.438. The van der Waals surface area contributed by atoms with Crippen molar-refractivity contribution in [1.82, 2.24) is 10.6 Å². The second-order valence-corrected chi connectivity index (χ2v) is 7.77. The molecule has 6 heteroatoms. The van der Waals surface area contributed by atoms with Crippen LogP contribution in [-0.4, -0.2) is 24.8 Å². The van der Waals surface area contributed by atoms with Gasteiger partial charge in [0.2, 0.25) is 0 Å². The van der Waals surface area contributed by atoms with Crippen LogP contribution in [0.25, 0.3) is 0 Å². The third-order valence-corrected chi connectivity index (χ3v) is 4.54. The number of hydrogen-bond acceptors (Lipinski definition) is 4. The number of thiophene rings is 1. The Bertz CT molecular complexity index is 421. The standard InChI is InChI=1S/C14H23BrN2O2S/c1-10-12(15)8-11(20-10)9-16-6-5-7-17-13(18)19-14(2,3)4/h8,16H,5-7,9H2,1-4H3,(H,17,18). The van der Waals surface area contributed by atoms with Crippen molar-refractivity contribution in [2.24, 2.45) is 0 Å². The van der Waals surface area contributed by atoms with Gasteiger partial charge in [-0.05, 0) is 62.7 Å². The molecule has 0 saturated carbocycles. The summed E-state index contributed by atoms with van der Waals surface area (Å²) in [5.74, 6) is 0. The third-order valence-electron chi connectivity index (χ3n) is 2.41. The van der Waals surface area contributed by atoms with E-state index in [9.17, 15) is 4.79 Å². The van der Waals surface area contributed by atoms with E-state index in [1.54, 1.807) is 11.3 Å². The lowest BCUT2D eigenvalue weighted by atomic mass is 10.2. The van der Waals surface area contributed by atoms with E-state index in [-0.39, 0.29) is 6.09 Å². The lowest BCUT2D eigenvalue weighted by Crippen LogP contribution is -2.33. The van der Waals surface area contributed by atoms with Crippen LogP contribution in [0.1, 0.15) is 36.9 Å². The number of ether oxygens (including phenoxy) is 1. The van der Waals surface area contributed by atoms with Gasteiger partial charge in [0.05, 0.1) is 0 Å². The van der Waals surface area contributed by atoms with E-state index < -0.39 is 5.60 Å². The minimum atomic E-state index is -0.438. The molecule has 1 aromatic heterocycles. The monoisotopic (exact) mass is 362 g/mol. The Labute approximate surface area is 133 Å². The molecule has 114 valence electrons. The first-order chi connectivity index (χ1) is 9.28. The van der Waals surface area contributed by atoms with Crippen LogP contribution in [0.15, 0.2) is 10.5 Å². The SMILES string of the molecule is Cc1sc(CNCCCNC(=O)OC(C)(C)C)cc1Br. The Morgan fingerprint density at radius 1 is 1.40 bits per heavy atom. The Balaban J connectivity index is 2.06. The highest BCUT2D eigenvalue weighted by Gasteiger charge is 2.15. The third kappa shape index (κ3) is 7.26. The fourth-order valence-electron chi connectivity index (χ4n) is 1.53. The van der Waals surface area contributed by atoms with E-state index in [4.69, 9.17) is 4.74 Å². The van der Waals surface area contributed by atoms with Gasteiger partial charge in [0.1, 0.15) is 5.60 Å². The summed E-state index contributed by atoms with van der Waals surface area (Å²) in [7, 11) is 0. The average molecular weight is 363 g/mol. The van der Waals surface area contributed by atoms with Gasteiger partial charge in [0.25, 0.3) is 0 Å². The summed E-state index contributed by atoms with van der Waals surface area (Å²) in [6.45, 7) is 10.0. The summed E-state index contributed by atoms with van der Waals surface area (Å²) in [6, 6.07) is 2.14.